The van der Waals surface area contributed by atoms with Crippen LogP contribution in [-0.4, -0.2) is 0 Å². The molecule has 0 radical (unpaired) electrons. The van der Waals surface area contributed by atoms with Crippen molar-refractivity contribution in [2.24, 2.45) is 0 Å². The minimum atomic E-state index is -4.22. The van der Waals surface area contributed by atoms with E-state index in [1.807, 2.05) is 13.8 Å². The van der Waals surface area contributed by atoms with Crippen molar-refractivity contribution in [3.8, 4) is 0 Å². The van der Waals surface area contributed by atoms with Gasteiger partial charge in [-0.1, -0.05) is 31.5 Å². The van der Waals surface area contributed by atoms with E-state index < -0.39 is 11.7 Å². The number of alkyl halides is 3. The van der Waals surface area contributed by atoms with Crippen LogP contribution >= 0.6 is 0 Å². The van der Waals surface area contributed by atoms with Gasteiger partial charge in [-0.15, -0.1) is 0 Å². The molecule has 0 aliphatic heterocycles. The average Bonchev–Trinajstić information content (AvgIpc) is 2.05. The van der Waals surface area contributed by atoms with E-state index >= 15 is 0 Å². The first-order valence-corrected chi connectivity index (χ1v) is 4.55. The Morgan fingerprint density at radius 1 is 1.00 bits per heavy atom. The second-order valence-corrected chi connectivity index (χ2v) is 2.82. The van der Waals surface area contributed by atoms with Crippen LogP contribution in [0.2, 0.25) is 0 Å². The van der Waals surface area contributed by atoms with Gasteiger partial charge in [0.2, 0.25) is 0 Å². The first-order chi connectivity index (χ1) is 6.41. The van der Waals surface area contributed by atoms with Crippen LogP contribution in [0.15, 0.2) is 18.2 Å². The van der Waals surface area contributed by atoms with E-state index in [1.54, 1.807) is 6.92 Å². The highest BCUT2D eigenvalue weighted by atomic mass is 19.4. The second kappa shape index (κ2) is 5.03. The summed E-state index contributed by atoms with van der Waals surface area (Å²) in [7, 11) is 0. The largest absolute Gasteiger partial charge is 0.416 e. The Hall–Kier alpha value is -0.990. The smallest absolute Gasteiger partial charge is 0.166 e. The van der Waals surface area contributed by atoms with Crippen LogP contribution in [0.4, 0.5) is 13.2 Å². The van der Waals surface area contributed by atoms with Crippen molar-refractivity contribution in [2.75, 3.05) is 0 Å². The summed E-state index contributed by atoms with van der Waals surface area (Å²) in [4.78, 5) is 0. The molecule has 0 aliphatic rings. The van der Waals surface area contributed by atoms with Gasteiger partial charge in [0.25, 0.3) is 0 Å². The Morgan fingerprint density at radius 3 is 1.86 bits per heavy atom. The monoisotopic (exact) mass is 204 g/mol. The standard InChI is InChI=1S/C9H9F3.C2H6/c1-6-3-4-8(7(2)5-6)9(10,11)12;1-2/h3-5H,1-2H3;1-2H3. The highest BCUT2D eigenvalue weighted by Crippen LogP contribution is 2.31. The van der Waals surface area contributed by atoms with Crippen LogP contribution in [0.5, 0.6) is 0 Å². The fourth-order valence-electron chi connectivity index (χ4n) is 1.13. The maximum Gasteiger partial charge on any atom is 0.416 e. The topological polar surface area (TPSA) is 0 Å². The molecule has 0 nitrogen and oxygen atoms in total. The lowest BCUT2D eigenvalue weighted by Crippen LogP contribution is -2.07. The Kier molecular flexibility index (Phi) is 4.68. The van der Waals surface area contributed by atoms with Gasteiger partial charge in [-0.25, -0.2) is 0 Å². The summed E-state index contributed by atoms with van der Waals surface area (Å²) in [6, 6.07) is 4.11. The summed E-state index contributed by atoms with van der Waals surface area (Å²) >= 11 is 0. The fourth-order valence-corrected chi connectivity index (χ4v) is 1.13. The highest BCUT2D eigenvalue weighted by molar-refractivity contribution is 5.32. The molecule has 3 heteroatoms. The molecular formula is C11H15F3. The average molecular weight is 204 g/mol. The van der Waals surface area contributed by atoms with Gasteiger partial charge in [0, 0.05) is 0 Å². The predicted molar refractivity (Wildman–Crippen MR) is 52.3 cm³/mol. The van der Waals surface area contributed by atoms with Crippen LogP contribution in [0, 0.1) is 13.8 Å². The zero-order valence-electron chi connectivity index (χ0n) is 8.87. The molecule has 80 valence electrons. The first kappa shape index (κ1) is 13.0. The molecule has 0 unspecified atom stereocenters. The van der Waals surface area contributed by atoms with Gasteiger partial charge in [-0.2, -0.15) is 13.2 Å². The summed E-state index contributed by atoms with van der Waals surface area (Å²) in [6.45, 7) is 7.24. The van der Waals surface area contributed by atoms with Crippen molar-refractivity contribution in [3.63, 3.8) is 0 Å². The Morgan fingerprint density at radius 2 is 1.50 bits per heavy atom. The number of benzene rings is 1. The summed E-state index contributed by atoms with van der Waals surface area (Å²) in [5.74, 6) is 0. The molecule has 0 saturated heterocycles. The molecule has 1 aromatic carbocycles. The lowest BCUT2D eigenvalue weighted by molar-refractivity contribution is -0.138. The lowest BCUT2D eigenvalue weighted by Gasteiger charge is -2.09. The number of halogens is 3. The molecule has 0 bridgehead atoms. The normalized spacial score (nSPS) is 10.5. The van der Waals surface area contributed by atoms with Crippen molar-refractivity contribution in [1.29, 1.82) is 0 Å². The van der Waals surface area contributed by atoms with Crippen LogP contribution in [0.1, 0.15) is 30.5 Å². The first-order valence-electron chi connectivity index (χ1n) is 4.55. The Labute approximate surface area is 82.8 Å². The van der Waals surface area contributed by atoms with E-state index in [1.165, 1.54) is 19.1 Å². The molecule has 14 heavy (non-hydrogen) atoms. The molecule has 0 spiro atoms. The van der Waals surface area contributed by atoms with E-state index in [0.29, 0.717) is 0 Å². The number of aryl methyl sites for hydroxylation is 2. The lowest BCUT2D eigenvalue weighted by atomic mass is 10.1. The maximum atomic E-state index is 12.2. The number of rotatable bonds is 0. The van der Waals surface area contributed by atoms with Crippen molar-refractivity contribution in [2.45, 2.75) is 33.9 Å². The molecule has 0 fully saturated rings. The molecule has 0 amide bonds. The van der Waals surface area contributed by atoms with Gasteiger partial charge in [0.1, 0.15) is 0 Å². The van der Waals surface area contributed by atoms with Crippen LogP contribution in [0.3, 0.4) is 0 Å². The van der Waals surface area contributed by atoms with Gasteiger partial charge >= 0.3 is 6.18 Å². The van der Waals surface area contributed by atoms with E-state index in [-0.39, 0.29) is 5.56 Å². The van der Waals surface area contributed by atoms with Gasteiger partial charge in [-0.3, -0.25) is 0 Å². The van der Waals surface area contributed by atoms with E-state index in [0.717, 1.165) is 11.6 Å². The molecule has 0 aliphatic carbocycles. The van der Waals surface area contributed by atoms with E-state index in [2.05, 4.69) is 0 Å². The van der Waals surface area contributed by atoms with Crippen molar-refractivity contribution in [3.05, 3.63) is 34.9 Å². The van der Waals surface area contributed by atoms with Crippen LogP contribution in [0.25, 0.3) is 0 Å². The number of hydrogen-bond acceptors (Lipinski definition) is 0. The zero-order valence-corrected chi connectivity index (χ0v) is 8.87. The predicted octanol–water partition coefficient (Wildman–Crippen LogP) is 4.35. The van der Waals surface area contributed by atoms with Gasteiger partial charge in [-0.05, 0) is 25.5 Å². The molecule has 0 atom stereocenters. The third-order valence-corrected chi connectivity index (χ3v) is 1.69. The number of hydrogen-bond donors (Lipinski definition) is 0. The SMILES string of the molecule is CC.Cc1ccc(C(F)(F)F)c(C)c1. The third kappa shape index (κ3) is 3.40. The van der Waals surface area contributed by atoms with E-state index in [9.17, 15) is 13.2 Å². The van der Waals surface area contributed by atoms with Crippen LogP contribution in [-0.2, 0) is 6.18 Å². The minimum absolute atomic E-state index is 0.280. The minimum Gasteiger partial charge on any atom is -0.166 e. The quantitative estimate of drug-likeness (QED) is 0.589. The molecule has 0 N–H and O–H groups in total. The van der Waals surface area contributed by atoms with Crippen molar-refractivity contribution >= 4 is 0 Å². The van der Waals surface area contributed by atoms with Gasteiger partial charge in [0.05, 0.1) is 5.56 Å². The third-order valence-electron chi connectivity index (χ3n) is 1.69. The maximum absolute atomic E-state index is 12.2. The molecule has 1 rings (SSSR count). The fraction of sp³-hybridized carbons (Fsp3) is 0.455. The molecule has 0 saturated carbocycles. The Bertz CT molecular complexity index is 287. The van der Waals surface area contributed by atoms with Gasteiger partial charge < -0.3 is 0 Å². The summed E-state index contributed by atoms with van der Waals surface area (Å²) in [5, 5.41) is 0. The molecule has 1 aromatic rings. The van der Waals surface area contributed by atoms with Crippen molar-refractivity contribution < 1.29 is 13.2 Å². The molecular weight excluding hydrogens is 189 g/mol. The van der Waals surface area contributed by atoms with E-state index in [4.69, 9.17) is 0 Å². The second-order valence-electron chi connectivity index (χ2n) is 2.82. The van der Waals surface area contributed by atoms with Gasteiger partial charge in [0.15, 0.2) is 0 Å². The highest BCUT2D eigenvalue weighted by Gasteiger charge is 2.31. The summed E-state index contributed by atoms with van der Waals surface area (Å²) < 4.78 is 36.5. The zero-order chi connectivity index (χ0) is 11.4. The molecule has 0 heterocycles. The Balaban J connectivity index is 0.000000791. The summed E-state index contributed by atoms with van der Waals surface area (Å²) in [6.07, 6.45) is -4.22. The van der Waals surface area contributed by atoms with Crippen molar-refractivity contribution in [1.82, 2.24) is 0 Å². The van der Waals surface area contributed by atoms with Crippen LogP contribution < -0.4 is 0 Å². The molecule has 0 aromatic heterocycles. The summed E-state index contributed by atoms with van der Waals surface area (Å²) in [5.41, 5.74) is 0.580.